The summed E-state index contributed by atoms with van der Waals surface area (Å²) in [6, 6.07) is 0.355. The Morgan fingerprint density at radius 2 is 2.21 bits per heavy atom. The minimum Gasteiger partial charge on any atom is -0.377 e. The van der Waals surface area contributed by atoms with E-state index in [4.69, 9.17) is 9.72 Å². The number of hydrogen-bond donors (Lipinski definition) is 1. The zero-order valence-electron chi connectivity index (χ0n) is 12.3. The van der Waals surface area contributed by atoms with E-state index in [1.165, 1.54) is 0 Å². The molecule has 1 aliphatic heterocycles. The third-order valence-corrected chi connectivity index (χ3v) is 3.13. The molecule has 19 heavy (non-hydrogen) atoms. The lowest BCUT2D eigenvalue weighted by Crippen LogP contribution is -2.44. The van der Waals surface area contributed by atoms with Crippen molar-refractivity contribution >= 4 is 5.82 Å². The summed E-state index contributed by atoms with van der Waals surface area (Å²) in [4.78, 5) is 11.3. The fourth-order valence-electron chi connectivity index (χ4n) is 2.04. The molecule has 0 amide bonds. The molecule has 1 N–H and O–H groups in total. The van der Waals surface area contributed by atoms with Gasteiger partial charge in [0.1, 0.15) is 5.82 Å². The van der Waals surface area contributed by atoms with Gasteiger partial charge in [-0.1, -0.05) is 0 Å². The molecule has 0 radical (unpaired) electrons. The molecule has 1 aliphatic rings. The highest BCUT2D eigenvalue weighted by Gasteiger charge is 2.20. The van der Waals surface area contributed by atoms with Crippen LogP contribution in [0.3, 0.4) is 0 Å². The van der Waals surface area contributed by atoms with Gasteiger partial charge in [-0.2, -0.15) is 0 Å². The third kappa shape index (κ3) is 4.14. The van der Waals surface area contributed by atoms with Crippen molar-refractivity contribution in [3.63, 3.8) is 0 Å². The van der Waals surface area contributed by atoms with Gasteiger partial charge in [0.05, 0.1) is 31.1 Å². The number of morpholine rings is 1. The Labute approximate surface area is 115 Å². The van der Waals surface area contributed by atoms with E-state index in [2.05, 4.69) is 42.9 Å². The predicted octanol–water partition coefficient (Wildman–Crippen LogP) is 1.59. The molecule has 0 spiro atoms. The van der Waals surface area contributed by atoms with Gasteiger partial charge in [0.2, 0.25) is 0 Å². The summed E-state index contributed by atoms with van der Waals surface area (Å²) in [7, 11) is 0. The molecule has 1 unspecified atom stereocenters. The lowest BCUT2D eigenvalue weighted by Gasteiger charge is -2.34. The molecule has 0 saturated carbocycles. The van der Waals surface area contributed by atoms with E-state index in [0.29, 0.717) is 6.04 Å². The zero-order valence-corrected chi connectivity index (χ0v) is 12.3. The molecule has 0 aliphatic carbocycles. The molecule has 1 aromatic rings. The van der Waals surface area contributed by atoms with Crippen LogP contribution in [0.5, 0.6) is 0 Å². The summed E-state index contributed by atoms with van der Waals surface area (Å²) in [5.74, 6) is 0.948. The normalized spacial score (nSPS) is 20.6. The van der Waals surface area contributed by atoms with Crippen LogP contribution in [-0.4, -0.2) is 41.3 Å². The van der Waals surface area contributed by atoms with Crippen molar-refractivity contribution in [2.45, 2.75) is 45.8 Å². The van der Waals surface area contributed by atoms with Gasteiger partial charge in [0.25, 0.3) is 0 Å². The van der Waals surface area contributed by atoms with Crippen molar-refractivity contribution in [1.29, 1.82) is 0 Å². The highest BCUT2D eigenvalue weighted by Crippen LogP contribution is 2.16. The monoisotopic (exact) mass is 264 g/mol. The molecular weight excluding hydrogens is 240 g/mol. The highest BCUT2D eigenvalue weighted by molar-refractivity contribution is 5.38. The number of ether oxygens (including phenoxy) is 1. The van der Waals surface area contributed by atoms with Crippen LogP contribution in [-0.2, 0) is 11.3 Å². The van der Waals surface area contributed by atoms with Crippen molar-refractivity contribution in [2.24, 2.45) is 0 Å². The standard InChI is InChI=1S/C14H24N4O/c1-11-10-19-6-5-18(11)13-9-15-7-12(17-13)8-16-14(2,3)4/h7,9,11,16H,5-6,8,10H2,1-4H3. The van der Waals surface area contributed by atoms with Gasteiger partial charge in [-0.3, -0.25) is 4.98 Å². The first-order valence-corrected chi connectivity index (χ1v) is 6.86. The van der Waals surface area contributed by atoms with Crippen LogP contribution in [0, 0.1) is 0 Å². The molecule has 0 bridgehead atoms. The maximum absolute atomic E-state index is 5.45. The fraction of sp³-hybridized carbons (Fsp3) is 0.714. The molecule has 2 rings (SSSR count). The molecular formula is C14H24N4O. The Morgan fingerprint density at radius 1 is 1.42 bits per heavy atom. The molecule has 2 heterocycles. The number of rotatable bonds is 3. The number of nitrogens with zero attached hydrogens (tertiary/aromatic N) is 3. The summed E-state index contributed by atoms with van der Waals surface area (Å²) in [5.41, 5.74) is 1.07. The Hall–Kier alpha value is -1.20. The summed E-state index contributed by atoms with van der Waals surface area (Å²) in [6.45, 7) is 11.7. The van der Waals surface area contributed by atoms with Crippen molar-refractivity contribution in [1.82, 2.24) is 15.3 Å². The van der Waals surface area contributed by atoms with E-state index in [-0.39, 0.29) is 5.54 Å². The number of anilines is 1. The van der Waals surface area contributed by atoms with E-state index in [9.17, 15) is 0 Å². The van der Waals surface area contributed by atoms with Gasteiger partial charge in [-0.25, -0.2) is 4.98 Å². The second-order valence-electron chi connectivity index (χ2n) is 6.09. The van der Waals surface area contributed by atoms with E-state index < -0.39 is 0 Å². The summed E-state index contributed by atoms with van der Waals surface area (Å²) >= 11 is 0. The Bertz CT molecular complexity index is 416. The molecule has 106 valence electrons. The first kappa shape index (κ1) is 14.2. The number of nitrogens with one attached hydrogen (secondary N) is 1. The molecule has 1 fully saturated rings. The molecule has 0 aromatic carbocycles. The summed E-state index contributed by atoms with van der Waals surface area (Å²) in [5, 5.41) is 3.43. The van der Waals surface area contributed by atoms with Gasteiger partial charge in [-0.15, -0.1) is 0 Å². The van der Waals surface area contributed by atoms with Crippen molar-refractivity contribution in [3.8, 4) is 0 Å². The third-order valence-electron chi connectivity index (χ3n) is 3.13. The molecule has 1 aromatic heterocycles. The van der Waals surface area contributed by atoms with Crippen LogP contribution in [0.1, 0.15) is 33.4 Å². The second-order valence-corrected chi connectivity index (χ2v) is 6.09. The van der Waals surface area contributed by atoms with Crippen LogP contribution < -0.4 is 10.2 Å². The SMILES string of the molecule is CC1COCCN1c1cncc(CNC(C)(C)C)n1. The van der Waals surface area contributed by atoms with Crippen LogP contribution in [0.4, 0.5) is 5.82 Å². The van der Waals surface area contributed by atoms with Crippen LogP contribution in [0.25, 0.3) is 0 Å². The first-order valence-electron chi connectivity index (χ1n) is 6.86. The summed E-state index contributed by atoms with van der Waals surface area (Å²) < 4.78 is 5.45. The fourth-order valence-corrected chi connectivity index (χ4v) is 2.04. The van der Waals surface area contributed by atoms with Crippen molar-refractivity contribution in [3.05, 3.63) is 18.1 Å². The van der Waals surface area contributed by atoms with E-state index in [1.807, 2.05) is 12.4 Å². The summed E-state index contributed by atoms with van der Waals surface area (Å²) in [6.07, 6.45) is 3.66. The van der Waals surface area contributed by atoms with E-state index in [1.54, 1.807) is 0 Å². The van der Waals surface area contributed by atoms with Crippen LogP contribution in [0.15, 0.2) is 12.4 Å². The van der Waals surface area contributed by atoms with Gasteiger partial charge in [-0.05, 0) is 27.7 Å². The Kier molecular flexibility index (Phi) is 4.37. The molecule has 1 atom stereocenters. The van der Waals surface area contributed by atoms with Gasteiger partial charge in [0, 0.05) is 24.8 Å². The topological polar surface area (TPSA) is 50.3 Å². The largest absolute Gasteiger partial charge is 0.377 e. The molecule has 5 heteroatoms. The smallest absolute Gasteiger partial charge is 0.147 e. The van der Waals surface area contributed by atoms with Gasteiger partial charge < -0.3 is 15.0 Å². The minimum absolute atomic E-state index is 0.0872. The quantitative estimate of drug-likeness (QED) is 0.898. The molecule has 1 saturated heterocycles. The van der Waals surface area contributed by atoms with Crippen molar-refractivity contribution in [2.75, 3.05) is 24.7 Å². The lowest BCUT2D eigenvalue weighted by atomic mass is 10.1. The van der Waals surface area contributed by atoms with Crippen LogP contribution >= 0.6 is 0 Å². The Balaban J connectivity index is 2.06. The average Bonchev–Trinajstić information content (AvgIpc) is 2.36. The van der Waals surface area contributed by atoms with Gasteiger partial charge in [0.15, 0.2) is 0 Å². The maximum atomic E-state index is 5.45. The highest BCUT2D eigenvalue weighted by atomic mass is 16.5. The lowest BCUT2D eigenvalue weighted by molar-refractivity contribution is 0.0985. The van der Waals surface area contributed by atoms with Crippen LogP contribution in [0.2, 0.25) is 0 Å². The maximum Gasteiger partial charge on any atom is 0.147 e. The number of hydrogen-bond acceptors (Lipinski definition) is 5. The van der Waals surface area contributed by atoms with Crippen molar-refractivity contribution < 1.29 is 4.74 Å². The average molecular weight is 264 g/mol. The Morgan fingerprint density at radius 3 is 2.89 bits per heavy atom. The number of aromatic nitrogens is 2. The second kappa shape index (κ2) is 5.84. The molecule has 5 nitrogen and oxygen atoms in total. The predicted molar refractivity (Wildman–Crippen MR) is 76.3 cm³/mol. The minimum atomic E-state index is 0.0872. The van der Waals surface area contributed by atoms with E-state index in [0.717, 1.165) is 37.8 Å². The van der Waals surface area contributed by atoms with E-state index >= 15 is 0 Å². The zero-order chi connectivity index (χ0) is 13.9. The van der Waals surface area contributed by atoms with Gasteiger partial charge >= 0.3 is 0 Å². The first-order chi connectivity index (χ1) is 8.96.